The minimum atomic E-state index is -0.450. The Kier molecular flexibility index (Phi) is 4.90. The third kappa shape index (κ3) is 3.93. The molecule has 0 atom stereocenters. The van der Waals surface area contributed by atoms with Crippen LogP contribution in [-0.2, 0) is 0 Å². The molecular weight excluding hydrogens is 275 g/mol. The zero-order valence-electron chi connectivity index (χ0n) is 10.8. The first-order chi connectivity index (χ1) is 9.69. The van der Waals surface area contributed by atoms with Gasteiger partial charge in [-0.05, 0) is 42.2 Å². The number of hydrogen-bond donors (Lipinski definition) is 1. The molecule has 5 heteroatoms. The van der Waals surface area contributed by atoms with E-state index in [1.54, 1.807) is 18.0 Å². The molecule has 2 rings (SSSR count). The summed E-state index contributed by atoms with van der Waals surface area (Å²) in [5, 5.41) is 3.85. The number of carbonyl (C=O) groups is 1. The predicted octanol–water partition coefficient (Wildman–Crippen LogP) is 3.31. The Hall–Kier alpha value is -2.14. The van der Waals surface area contributed by atoms with E-state index in [9.17, 15) is 9.18 Å². The molecular formula is C15H13FN2OS. The monoisotopic (exact) mass is 288 g/mol. The van der Waals surface area contributed by atoms with E-state index >= 15 is 0 Å². The Labute approximate surface area is 120 Å². The first-order valence-electron chi connectivity index (χ1n) is 5.92. The Balaban J connectivity index is 1.97. The van der Waals surface area contributed by atoms with Gasteiger partial charge in [0.15, 0.2) is 0 Å². The van der Waals surface area contributed by atoms with Crippen molar-refractivity contribution in [1.29, 1.82) is 0 Å². The fraction of sp³-hybridized carbons (Fsp3) is 0.0667. The van der Waals surface area contributed by atoms with Crippen LogP contribution in [0.2, 0.25) is 0 Å². The maximum absolute atomic E-state index is 13.0. The molecule has 1 amide bonds. The average Bonchev–Trinajstić information content (AvgIpc) is 2.48. The minimum Gasteiger partial charge on any atom is -0.267 e. The molecule has 0 radical (unpaired) electrons. The van der Waals surface area contributed by atoms with Gasteiger partial charge in [-0.2, -0.15) is 5.10 Å². The predicted molar refractivity (Wildman–Crippen MR) is 79.7 cm³/mol. The van der Waals surface area contributed by atoms with Gasteiger partial charge >= 0.3 is 0 Å². The van der Waals surface area contributed by atoms with E-state index < -0.39 is 11.7 Å². The third-order valence-electron chi connectivity index (χ3n) is 2.58. The molecule has 0 fully saturated rings. The van der Waals surface area contributed by atoms with Crippen LogP contribution in [0.3, 0.4) is 0 Å². The summed E-state index contributed by atoms with van der Waals surface area (Å²) in [5.74, 6) is -0.893. The summed E-state index contributed by atoms with van der Waals surface area (Å²) in [5.41, 5.74) is 3.48. The minimum absolute atomic E-state index is 0.236. The van der Waals surface area contributed by atoms with Crippen LogP contribution >= 0.6 is 11.8 Å². The van der Waals surface area contributed by atoms with Crippen LogP contribution in [0.5, 0.6) is 0 Å². The summed E-state index contributed by atoms with van der Waals surface area (Å²) in [7, 11) is 0. The number of nitrogens with zero attached hydrogens (tertiary/aromatic N) is 1. The molecule has 0 aromatic heterocycles. The summed E-state index contributed by atoms with van der Waals surface area (Å²) < 4.78 is 13.0. The van der Waals surface area contributed by atoms with Crippen molar-refractivity contribution < 1.29 is 9.18 Å². The molecule has 0 spiro atoms. The molecule has 2 aromatic carbocycles. The largest absolute Gasteiger partial charge is 0.271 e. The number of benzene rings is 2. The van der Waals surface area contributed by atoms with E-state index in [-0.39, 0.29) is 5.56 Å². The molecule has 0 aliphatic carbocycles. The van der Waals surface area contributed by atoms with E-state index in [1.807, 2.05) is 30.5 Å². The van der Waals surface area contributed by atoms with Gasteiger partial charge in [0.25, 0.3) is 5.91 Å². The topological polar surface area (TPSA) is 41.5 Å². The number of thioether (sulfide) groups is 1. The molecule has 1 N–H and O–H groups in total. The van der Waals surface area contributed by atoms with Crippen LogP contribution in [0, 0.1) is 5.82 Å². The first-order valence-corrected chi connectivity index (χ1v) is 7.14. The standard InChI is InChI=1S/C15H13FN2OS/c1-20-14-7-5-11(6-8-14)10-17-18-15(19)12-3-2-4-13(16)9-12/h2-10H,1H3,(H,18,19)/b17-10+. The molecule has 0 unspecified atom stereocenters. The Morgan fingerprint density at radius 1 is 1.25 bits per heavy atom. The normalized spacial score (nSPS) is 10.7. The Bertz CT molecular complexity index is 626. The summed E-state index contributed by atoms with van der Waals surface area (Å²) in [6, 6.07) is 13.2. The summed E-state index contributed by atoms with van der Waals surface area (Å²) in [6.07, 6.45) is 3.55. The van der Waals surface area contributed by atoms with Gasteiger partial charge in [0.1, 0.15) is 5.82 Å². The highest BCUT2D eigenvalue weighted by Gasteiger charge is 2.04. The molecule has 2 aromatic rings. The number of carbonyl (C=O) groups excluding carboxylic acids is 1. The lowest BCUT2D eigenvalue weighted by molar-refractivity contribution is 0.0954. The van der Waals surface area contributed by atoms with E-state index in [4.69, 9.17) is 0 Å². The summed E-state index contributed by atoms with van der Waals surface area (Å²) in [6.45, 7) is 0. The molecule has 3 nitrogen and oxygen atoms in total. The number of hydrazone groups is 1. The maximum Gasteiger partial charge on any atom is 0.271 e. The second-order valence-corrected chi connectivity index (χ2v) is 4.86. The number of hydrogen-bond acceptors (Lipinski definition) is 3. The first kappa shape index (κ1) is 14.3. The van der Waals surface area contributed by atoms with Crippen molar-refractivity contribution in [2.24, 2.45) is 5.10 Å². The smallest absolute Gasteiger partial charge is 0.267 e. The third-order valence-corrected chi connectivity index (χ3v) is 3.33. The number of amides is 1. The van der Waals surface area contributed by atoms with Crippen LogP contribution < -0.4 is 5.43 Å². The summed E-state index contributed by atoms with van der Waals surface area (Å²) >= 11 is 1.66. The van der Waals surface area contributed by atoms with Crippen molar-refractivity contribution in [2.75, 3.05) is 6.26 Å². The number of rotatable bonds is 4. The van der Waals surface area contributed by atoms with Crippen molar-refractivity contribution in [1.82, 2.24) is 5.43 Å². The Morgan fingerprint density at radius 3 is 2.65 bits per heavy atom. The van der Waals surface area contributed by atoms with Gasteiger partial charge in [0.05, 0.1) is 6.21 Å². The molecule has 102 valence electrons. The van der Waals surface area contributed by atoms with Crippen LogP contribution in [0.25, 0.3) is 0 Å². The molecule has 0 aliphatic heterocycles. The zero-order valence-corrected chi connectivity index (χ0v) is 11.7. The summed E-state index contributed by atoms with van der Waals surface area (Å²) in [4.78, 5) is 12.9. The van der Waals surface area contributed by atoms with Crippen molar-refractivity contribution >= 4 is 23.9 Å². The fourth-order valence-electron chi connectivity index (χ4n) is 1.55. The van der Waals surface area contributed by atoms with Crippen molar-refractivity contribution in [3.8, 4) is 0 Å². The van der Waals surface area contributed by atoms with E-state index in [1.165, 1.54) is 18.2 Å². The fourth-order valence-corrected chi connectivity index (χ4v) is 1.96. The van der Waals surface area contributed by atoms with Gasteiger partial charge in [-0.3, -0.25) is 4.79 Å². The van der Waals surface area contributed by atoms with Gasteiger partial charge in [-0.25, -0.2) is 9.82 Å². The van der Waals surface area contributed by atoms with Crippen LogP contribution in [0.1, 0.15) is 15.9 Å². The lowest BCUT2D eigenvalue weighted by atomic mass is 10.2. The van der Waals surface area contributed by atoms with Crippen molar-refractivity contribution in [3.05, 3.63) is 65.5 Å². The molecule has 0 saturated carbocycles. The lowest BCUT2D eigenvalue weighted by Crippen LogP contribution is -2.17. The second-order valence-electron chi connectivity index (χ2n) is 3.98. The number of nitrogens with one attached hydrogen (secondary N) is 1. The van der Waals surface area contributed by atoms with E-state index in [0.717, 1.165) is 16.5 Å². The van der Waals surface area contributed by atoms with E-state index in [0.29, 0.717) is 0 Å². The van der Waals surface area contributed by atoms with Gasteiger partial charge in [-0.1, -0.05) is 18.2 Å². The van der Waals surface area contributed by atoms with Crippen LogP contribution in [-0.4, -0.2) is 18.4 Å². The average molecular weight is 288 g/mol. The van der Waals surface area contributed by atoms with Gasteiger partial charge < -0.3 is 0 Å². The number of halogens is 1. The van der Waals surface area contributed by atoms with Gasteiger partial charge in [-0.15, -0.1) is 11.8 Å². The van der Waals surface area contributed by atoms with Crippen LogP contribution in [0.15, 0.2) is 58.5 Å². The SMILES string of the molecule is CSc1ccc(/C=N/NC(=O)c2cccc(F)c2)cc1. The zero-order chi connectivity index (χ0) is 14.4. The highest BCUT2D eigenvalue weighted by atomic mass is 32.2. The van der Waals surface area contributed by atoms with Gasteiger partial charge in [0, 0.05) is 10.5 Å². The molecule has 0 saturated heterocycles. The lowest BCUT2D eigenvalue weighted by Gasteiger charge is -2.00. The van der Waals surface area contributed by atoms with Crippen LogP contribution in [0.4, 0.5) is 4.39 Å². The highest BCUT2D eigenvalue weighted by Crippen LogP contribution is 2.13. The molecule has 20 heavy (non-hydrogen) atoms. The second kappa shape index (κ2) is 6.86. The van der Waals surface area contributed by atoms with E-state index in [2.05, 4.69) is 10.5 Å². The molecule has 0 aliphatic rings. The molecule has 0 heterocycles. The highest BCUT2D eigenvalue weighted by molar-refractivity contribution is 7.98. The Morgan fingerprint density at radius 2 is 2.00 bits per heavy atom. The van der Waals surface area contributed by atoms with Crippen molar-refractivity contribution in [2.45, 2.75) is 4.90 Å². The van der Waals surface area contributed by atoms with Gasteiger partial charge in [0.2, 0.25) is 0 Å². The molecule has 0 bridgehead atoms. The van der Waals surface area contributed by atoms with Crippen molar-refractivity contribution in [3.63, 3.8) is 0 Å². The maximum atomic E-state index is 13.0. The quantitative estimate of drug-likeness (QED) is 0.533.